The highest BCUT2D eigenvalue weighted by Gasteiger charge is 2.26. The molecule has 1 saturated carbocycles. The monoisotopic (exact) mass is 350 g/mol. The van der Waals surface area contributed by atoms with Crippen LogP contribution < -0.4 is 5.32 Å². The summed E-state index contributed by atoms with van der Waals surface area (Å²) in [5, 5.41) is 3.68. The number of hydrogen-bond acceptors (Lipinski definition) is 2. The smallest absolute Gasteiger partial charge is 0.223 e. The van der Waals surface area contributed by atoms with Crippen molar-refractivity contribution in [3.05, 3.63) is 35.4 Å². The van der Waals surface area contributed by atoms with Crippen molar-refractivity contribution in [1.29, 1.82) is 0 Å². The predicted molar refractivity (Wildman–Crippen MR) is 102 cm³/mol. The van der Waals surface area contributed by atoms with E-state index in [-0.39, 0.29) is 12.4 Å². The molecule has 134 valence electrons. The first-order chi connectivity index (χ1) is 11.1. The van der Waals surface area contributed by atoms with Gasteiger partial charge in [-0.1, -0.05) is 31.2 Å². The van der Waals surface area contributed by atoms with Crippen molar-refractivity contribution in [2.24, 2.45) is 5.92 Å². The van der Waals surface area contributed by atoms with Crippen molar-refractivity contribution < 1.29 is 4.79 Å². The maximum atomic E-state index is 12.6. The average Bonchev–Trinajstić information content (AvgIpc) is 3.38. The maximum absolute atomic E-state index is 12.6. The molecule has 3 rings (SSSR count). The SMILES string of the molecule is Cc1ccccc1C(C)CC(=O)N1CCC(NCC2CC2)CC1.Cl. The molecule has 1 aromatic rings. The normalized spacial score (nSPS) is 19.7. The second-order valence-corrected chi connectivity index (χ2v) is 7.47. The van der Waals surface area contributed by atoms with E-state index in [2.05, 4.69) is 48.3 Å². The van der Waals surface area contributed by atoms with E-state index >= 15 is 0 Å². The lowest BCUT2D eigenvalue weighted by Crippen LogP contribution is -2.45. The highest BCUT2D eigenvalue weighted by atomic mass is 35.5. The van der Waals surface area contributed by atoms with E-state index in [0.717, 1.165) is 31.8 Å². The molecule has 1 aliphatic carbocycles. The fourth-order valence-electron chi connectivity index (χ4n) is 3.63. The van der Waals surface area contributed by atoms with Gasteiger partial charge in [0.1, 0.15) is 0 Å². The lowest BCUT2D eigenvalue weighted by molar-refractivity contribution is -0.132. The van der Waals surface area contributed by atoms with E-state index < -0.39 is 0 Å². The Hall–Kier alpha value is -1.06. The molecule has 1 atom stereocenters. The summed E-state index contributed by atoms with van der Waals surface area (Å²) < 4.78 is 0. The first-order valence-corrected chi connectivity index (χ1v) is 9.20. The molecule has 0 bridgehead atoms. The van der Waals surface area contributed by atoms with E-state index in [1.54, 1.807) is 0 Å². The number of carbonyl (C=O) groups is 1. The molecule has 1 aliphatic heterocycles. The summed E-state index contributed by atoms with van der Waals surface area (Å²) in [4.78, 5) is 14.7. The van der Waals surface area contributed by atoms with Gasteiger partial charge in [-0.25, -0.2) is 0 Å². The molecule has 0 radical (unpaired) electrons. The van der Waals surface area contributed by atoms with Gasteiger partial charge >= 0.3 is 0 Å². The van der Waals surface area contributed by atoms with Crippen LogP contribution in [0.4, 0.5) is 0 Å². The lowest BCUT2D eigenvalue weighted by Gasteiger charge is -2.33. The molecular formula is C20H31ClN2O. The summed E-state index contributed by atoms with van der Waals surface area (Å²) in [6.45, 7) is 7.32. The highest BCUT2D eigenvalue weighted by molar-refractivity contribution is 5.85. The van der Waals surface area contributed by atoms with Crippen molar-refractivity contribution in [3.8, 4) is 0 Å². The molecule has 1 heterocycles. The number of hydrogen-bond donors (Lipinski definition) is 1. The fraction of sp³-hybridized carbons (Fsp3) is 0.650. The number of likely N-dealkylation sites (tertiary alicyclic amines) is 1. The van der Waals surface area contributed by atoms with Crippen molar-refractivity contribution >= 4 is 18.3 Å². The molecule has 3 nitrogen and oxygen atoms in total. The van der Waals surface area contributed by atoms with Gasteiger partial charge in [0, 0.05) is 25.6 Å². The second kappa shape index (κ2) is 8.87. The van der Waals surface area contributed by atoms with Crippen molar-refractivity contribution in [3.63, 3.8) is 0 Å². The molecule has 0 spiro atoms. The topological polar surface area (TPSA) is 32.3 Å². The summed E-state index contributed by atoms with van der Waals surface area (Å²) in [5.41, 5.74) is 2.60. The summed E-state index contributed by atoms with van der Waals surface area (Å²) in [6, 6.07) is 9.04. The molecule has 2 aliphatic rings. The molecule has 24 heavy (non-hydrogen) atoms. The Morgan fingerprint density at radius 3 is 2.50 bits per heavy atom. The van der Waals surface area contributed by atoms with Crippen LogP contribution in [0.1, 0.15) is 56.1 Å². The van der Waals surface area contributed by atoms with Crippen LogP contribution in [0.2, 0.25) is 0 Å². The van der Waals surface area contributed by atoms with Crippen LogP contribution >= 0.6 is 12.4 Å². The molecule has 1 amide bonds. The molecule has 0 aromatic heterocycles. The first kappa shape index (κ1) is 19.3. The fourth-order valence-corrected chi connectivity index (χ4v) is 3.63. The number of halogens is 1. The summed E-state index contributed by atoms with van der Waals surface area (Å²) >= 11 is 0. The number of nitrogens with zero attached hydrogens (tertiary/aromatic N) is 1. The minimum Gasteiger partial charge on any atom is -0.343 e. The Labute approximate surface area is 152 Å². The van der Waals surface area contributed by atoms with Gasteiger partial charge in [-0.05, 0) is 62.1 Å². The van der Waals surface area contributed by atoms with E-state index in [4.69, 9.17) is 0 Å². The quantitative estimate of drug-likeness (QED) is 0.843. The van der Waals surface area contributed by atoms with Crippen LogP contribution in [0, 0.1) is 12.8 Å². The second-order valence-electron chi connectivity index (χ2n) is 7.47. The van der Waals surface area contributed by atoms with Gasteiger partial charge in [0.15, 0.2) is 0 Å². The van der Waals surface area contributed by atoms with Crippen molar-refractivity contribution in [2.45, 2.75) is 57.9 Å². The van der Waals surface area contributed by atoms with E-state index in [9.17, 15) is 4.79 Å². The van der Waals surface area contributed by atoms with Gasteiger partial charge in [-0.15, -0.1) is 12.4 Å². The maximum Gasteiger partial charge on any atom is 0.223 e. The molecule has 4 heteroatoms. The van der Waals surface area contributed by atoms with Gasteiger partial charge < -0.3 is 10.2 Å². The number of nitrogens with one attached hydrogen (secondary N) is 1. The first-order valence-electron chi connectivity index (χ1n) is 9.20. The minimum absolute atomic E-state index is 0. The Morgan fingerprint density at radius 2 is 1.88 bits per heavy atom. The number of carbonyl (C=O) groups excluding carboxylic acids is 1. The molecular weight excluding hydrogens is 320 g/mol. The van der Waals surface area contributed by atoms with Crippen molar-refractivity contribution in [1.82, 2.24) is 10.2 Å². The number of benzene rings is 1. The van der Waals surface area contributed by atoms with Crippen LogP contribution in [-0.2, 0) is 4.79 Å². The van der Waals surface area contributed by atoms with Gasteiger partial charge in [0.05, 0.1) is 0 Å². The zero-order chi connectivity index (χ0) is 16.2. The Morgan fingerprint density at radius 1 is 1.21 bits per heavy atom. The zero-order valence-corrected chi connectivity index (χ0v) is 15.8. The summed E-state index contributed by atoms with van der Waals surface area (Å²) in [6.07, 6.45) is 5.65. The number of piperidine rings is 1. The summed E-state index contributed by atoms with van der Waals surface area (Å²) in [5.74, 6) is 1.56. The van der Waals surface area contributed by atoms with Gasteiger partial charge in [0.25, 0.3) is 0 Å². The third kappa shape index (κ3) is 5.22. The van der Waals surface area contributed by atoms with Crippen molar-refractivity contribution in [2.75, 3.05) is 19.6 Å². The molecule has 2 fully saturated rings. The third-order valence-corrected chi connectivity index (χ3v) is 5.44. The Balaban J connectivity index is 0.00000208. The number of aryl methyl sites for hydroxylation is 1. The average molecular weight is 351 g/mol. The molecule has 1 N–H and O–H groups in total. The van der Waals surface area contributed by atoms with Crippen LogP contribution in [0.5, 0.6) is 0 Å². The summed E-state index contributed by atoms with van der Waals surface area (Å²) in [7, 11) is 0. The van der Waals surface area contributed by atoms with Crippen LogP contribution in [0.3, 0.4) is 0 Å². The Bertz CT molecular complexity index is 536. The molecule has 1 aromatic carbocycles. The number of rotatable bonds is 6. The largest absolute Gasteiger partial charge is 0.343 e. The zero-order valence-electron chi connectivity index (χ0n) is 15.0. The van der Waals surface area contributed by atoms with Gasteiger partial charge in [0.2, 0.25) is 5.91 Å². The van der Waals surface area contributed by atoms with Crippen LogP contribution in [0.25, 0.3) is 0 Å². The van der Waals surface area contributed by atoms with Gasteiger partial charge in [-0.3, -0.25) is 4.79 Å². The molecule has 1 unspecified atom stereocenters. The highest BCUT2D eigenvalue weighted by Crippen LogP contribution is 2.28. The Kier molecular flexibility index (Phi) is 7.12. The lowest BCUT2D eigenvalue weighted by atomic mass is 9.93. The predicted octanol–water partition coefficient (Wildman–Crippen LogP) is 3.90. The van der Waals surface area contributed by atoms with E-state index in [1.807, 2.05) is 0 Å². The van der Waals surface area contributed by atoms with Crippen LogP contribution in [0.15, 0.2) is 24.3 Å². The van der Waals surface area contributed by atoms with Gasteiger partial charge in [-0.2, -0.15) is 0 Å². The third-order valence-electron chi connectivity index (χ3n) is 5.44. The van der Waals surface area contributed by atoms with E-state index in [0.29, 0.717) is 24.3 Å². The molecule has 1 saturated heterocycles. The van der Waals surface area contributed by atoms with Crippen LogP contribution in [-0.4, -0.2) is 36.5 Å². The minimum atomic E-state index is 0. The standard InChI is InChI=1S/C20H30N2O.ClH/c1-15-5-3-4-6-19(15)16(2)13-20(23)22-11-9-18(10-12-22)21-14-17-7-8-17;/h3-6,16-18,21H,7-14H2,1-2H3;1H. The number of amides is 1. The van der Waals surface area contributed by atoms with E-state index in [1.165, 1.54) is 30.5 Å².